The maximum atomic E-state index is 11.8. The molecule has 94 valence electrons. The lowest BCUT2D eigenvalue weighted by atomic mass is 10.1. The van der Waals surface area contributed by atoms with Crippen molar-refractivity contribution in [2.24, 2.45) is 5.73 Å². The van der Waals surface area contributed by atoms with E-state index in [1.807, 2.05) is 0 Å². The number of nitrogens with one attached hydrogen (secondary N) is 1. The molecule has 0 fully saturated rings. The van der Waals surface area contributed by atoms with Gasteiger partial charge in [0.1, 0.15) is 5.52 Å². The van der Waals surface area contributed by atoms with Gasteiger partial charge in [-0.25, -0.2) is 0 Å². The highest BCUT2D eigenvalue weighted by Gasteiger charge is 2.22. The van der Waals surface area contributed by atoms with Gasteiger partial charge in [-0.2, -0.15) is 0 Å². The number of anilines is 1. The third-order valence-corrected chi connectivity index (χ3v) is 3.21. The number of hydrogen-bond acceptors (Lipinski definition) is 4. The molecule has 1 amide bonds. The first-order chi connectivity index (χ1) is 8.39. The van der Waals surface area contributed by atoms with E-state index in [4.69, 9.17) is 5.73 Å². The summed E-state index contributed by atoms with van der Waals surface area (Å²) in [4.78, 5) is 20.2. The third kappa shape index (κ3) is 2.49. The molecule has 2 rings (SSSR count). The first-order valence-electron chi connectivity index (χ1n) is 5.39. The zero-order chi connectivity index (χ0) is 13.3. The first kappa shape index (κ1) is 12.9. The number of rotatable bonds is 2. The van der Waals surface area contributed by atoms with Crippen LogP contribution in [-0.2, 0) is 4.79 Å². The quantitative estimate of drug-likeness (QED) is 0.890. The van der Waals surface area contributed by atoms with Crippen LogP contribution in [0.4, 0.5) is 5.69 Å². The summed E-state index contributed by atoms with van der Waals surface area (Å²) in [5.41, 5.74) is 6.89. The molecule has 18 heavy (non-hydrogen) atoms. The topological polar surface area (TPSA) is 80.9 Å². The monoisotopic (exact) mass is 308 g/mol. The Kier molecular flexibility index (Phi) is 3.32. The number of carbonyl (C=O) groups is 1. The van der Waals surface area contributed by atoms with Crippen LogP contribution in [0.15, 0.2) is 29.0 Å². The number of carbonyl (C=O) groups excluding carboxylic acids is 1. The van der Waals surface area contributed by atoms with Crippen molar-refractivity contribution >= 4 is 38.6 Å². The minimum absolute atomic E-state index is 0.258. The lowest BCUT2D eigenvalue weighted by molar-refractivity contribution is -0.120. The third-order valence-electron chi connectivity index (χ3n) is 2.41. The molecule has 0 aliphatic carbocycles. The second kappa shape index (κ2) is 4.62. The zero-order valence-electron chi connectivity index (χ0n) is 10.1. The van der Waals surface area contributed by atoms with Gasteiger partial charge in [-0.05, 0) is 41.9 Å². The van der Waals surface area contributed by atoms with Crippen LogP contribution in [0.2, 0.25) is 0 Å². The molecule has 0 saturated carbocycles. The summed E-state index contributed by atoms with van der Waals surface area (Å²) >= 11 is 3.42. The van der Waals surface area contributed by atoms with Crippen LogP contribution >= 0.6 is 15.9 Å². The Morgan fingerprint density at radius 3 is 2.67 bits per heavy atom. The fraction of sp³-hybridized carbons (Fsp3) is 0.250. The number of amides is 1. The van der Waals surface area contributed by atoms with E-state index >= 15 is 0 Å². The van der Waals surface area contributed by atoms with Gasteiger partial charge in [0.2, 0.25) is 5.91 Å². The Morgan fingerprint density at radius 1 is 1.33 bits per heavy atom. The second-order valence-corrected chi connectivity index (χ2v) is 5.32. The van der Waals surface area contributed by atoms with E-state index in [-0.39, 0.29) is 5.91 Å². The summed E-state index contributed by atoms with van der Waals surface area (Å²) in [6, 6.07) is 3.57. The van der Waals surface area contributed by atoms with Crippen molar-refractivity contribution in [3.63, 3.8) is 0 Å². The van der Waals surface area contributed by atoms with Crippen molar-refractivity contribution < 1.29 is 4.79 Å². The van der Waals surface area contributed by atoms with Gasteiger partial charge in [0.25, 0.3) is 0 Å². The molecule has 1 heterocycles. The summed E-state index contributed by atoms with van der Waals surface area (Å²) in [5.74, 6) is -0.258. The van der Waals surface area contributed by atoms with Crippen molar-refractivity contribution in [1.29, 1.82) is 0 Å². The molecule has 5 nitrogen and oxygen atoms in total. The SMILES string of the molecule is CC(C)(N)C(=O)Nc1ccc2nccnc2c1Br. The molecular weight excluding hydrogens is 296 g/mol. The maximum absolute atomic E-state index is 11.8. The van der Waals surface area contributed by atoms with Crippen molar-refractivity contribution in [3.8, 4) is 0 Å². The Balaban J connectivity index is 2.41. The van der Waals surface area contributed by atoms with Crippen LogP contribution in [0.3, 0.4) is 0 Å². The fourth-order valence-electron chi connectivity index (χ4n) is 1.38. The van der Waals surface area contributed by atoms with Crippen LogP contribution in [-0.4, -0.2) is 21.4 Å². The van der Waals surface area contributed by atoms with Gasteiger partial charge in [-0.3, -0.25) is 14.8 Å². The van der Waals surface area contributed by atoms with Gasteiger partial charge in [-0.15, -0.1) is 0 Å². The number of aromatic nitrogens is 2. The molecule has 0 saturated heterocycles. The highest BCUT2D eigenvalue weighted by molar-refractivity contribution is 9.10. The van der Waals surface area contributed by atoms with E-state index in [2.05, 4.69) is 31.2 Å². The fourth-order valence-corrected chi connectivity index (χ4v) is 1.92. The van der Waals surface area contributed by atoms with Gasteiger partial charge in [0, 0.05) is 12.4 Å². The van der Waals surface area contributed by atoms with Gasteiger partial charge in [0.15, 0.2) is 0 Å². The van der Waals surface area contributed by atoms with Gasteiger partial charge < -0.3 is 11.1 Å². The Morgan fingerprint density at radius 2 is 2.00 bits per heavy atom. The van der Waals surface area contributed by atoms with Crippen molar-refractivity contribution in [2.45, 2.75) is 19.4 Å². The average Bonchev–Trinajstić information content (AvgIpc) is 2.32. The first-order valence-corrected chi connectivity index (χ1v) is 6.18. The lowest BCUT2D eigenvalue weighted by Gasteiger charge is -2.18. The van der Waals surface area contributed by atoms with E-state index in [0.717, 1.165) is 5.52 Å². The molecule has 0 unspecified atom stereocenters. The number of nitrogens with zero attached hydrogens (tertiary/aromatic N) is 2. The number of benzene rings is 1. The summed E-state index contributed by atoms with van der Waals surface area (Å²) in [6.07, 6.45) is 3.22. The van der Waals surface area contributed by atoms with E-state index in [1.54, 1.807) is 38.4 Å². The molecule has 0 aliphatic rings. The van der Waals surface area contributed by atoms with Crippen LogP contribution in [0.5, 0.6) is 0 Å². The summed E-state index contributed by atoms with van der Waals surface area (Å²) < 4.78 is 0.700. The number of fused-ring (bicyclic) bond motifs is 1. The van der Waals surface area contributed by atoms with E-state index in [1.165, 1.54) is 0 Å². The molecule has 6 heteroatoms. The highest BCUT2D eigenvalue weighted by atomic mass is 79.9. The smallest absolute Gasteiger partial charge is 0.243 e. The molecule has 0 radical (unpaired) electrons. The predicted octanol–water partition coefficient (Wildman–Crippen LogP) is 2.07. The highest BCUT2D eigenvalue weighted by Crippen LogP contribution is 2.29. The summed E-state index contributed by atoms with van der Waals surface area (Å²) in [5, 5.41) is 2.76. The van der Waals surface area contributed by atoms with Crippen molar-refractivity contribution in [2.75, 3.05) is 5.32 Å². The number of nitrogens with two attached hydrogens (primary N) is 1. The maximum Gasteiger partial charge on any atom is 0.243 e. The van der Waals surface area contributed by atoms with Crippen molar-refractivity contribution in [1.82, 2.24) is 9.97 Å². The summed E-state index contributed by atoms with van der Waals surface area (Å²) in [6.45, 7) is 3.30. The number of halogens is 1. The minimum atomic E-state index is -0.934. The van der Waals surface area contributed by atoms with E-state index in [9.17, 15) is 4.79 Å². The lowest BCUT2D eigenvalue weighted by Crippen LogP contribution is -2.45. The van der Waals surface area contributed by atoms with Crippen LogP contribution in [0.25, 0.3) is 11.0 Å². The molecule has 1 aromatic carbocycles. The van der Waals surface area contributed by atoms with Crippen LogP contribution < -0.4 is 11.1 Å². The molecule has 0 aliphatic heterocycles. The van der Waals surface area contributed by atoms with Gasteiger partial charge in [-0.1, -0.05) is 0 Å². The molecule has 0 bridgehead atoms. The Labute approximate surface area is 113 Å². The molecule has 1 aromatic heterocycles. The largest absolute Gasteiger partial charge is 0.323 e. The molecule has 0 atom stereocenters. The van der Waals surface area contributed by atoms with E-state index in [0.29, 0.717) is 15.7 Å². The van der Waals surface area contributed by atoms with Gasteiger partial charge in [0.05, 0.1) is 21.2 Å². The normalized spacial score (nSPS) is 11.6. The average molecular weight is 309 g/mol. The summed E-state index contributed by atoms with van der Waals surface area (Å²) in [7, 11) is 0. The molecule has 2 aromatic rings. The number of hydrogen-bond donors (Lipinski definition) is 2. The standard InChI is InChI=1S/C12H13BrN4O/c1-12(2,14)11(18)17-7-3-4-8-10(9(7)13)16-6-5-15-8/h3-6H,14H2,1-2H3,(H,17,18). The van der Waals surface area contributed by atoms with Crippen molar-refractivity contribution in [3.05, 3.63) is 29.0 Å². The zero-order valence-corrected chi connectivity index (χ0v) is 11.7. The Hall–Kier alpha value is -1.53. The second-order valence-electron chi connectivity index (χ2n) is 4.53. The molecule has 3 N–H and O–H groups in total. The van der Waals surface area contributed by atoms with Gasteiger partial charge >= 0.3 is 0 Å². The minimum Gasteiger partial charge on any atom is -0.323 e. The molecular formula is C12H13BrN4O. The van der Waals surface area contributed by atoms with E-state index < -0.39 is 5.54 Å². The predicted molar refractivity (Wildman–Crippen MR) is 74.1 cm³/mol. The van der Waals surface area contributed by atoms with Crippen LogP contribution in [0, 0.1) is 0 Å². The van der Waals surface area contributed by atoms with Crippen LogP contribution in [0.1, 0.15) is 13.8 Å². The molecule has 0 spiro atoms. The Bertz CT molecular complexity index is 607.